The standard InChI is InChI=1S/C26H40ClFO/c1-3-5-6-19-7-12-21(13-8-19)22-14-9-20(10-15-22)11-16-23-17-18-24(29-4-2)25(27)26(23)28/h17-22H,3-16H2,1-2H3. The summed E-state index contributed by atoms with van der Waals surface area (Å²) in [4.78, 5) is 0. The van der Waals surface area contributed by atoms with Crippen LogP contribution in [0.3, 0.4) is 0 Å². The summed E-state index contributed by atoms with van der Waals surface area (Å²) in [5, 5.41) is 0.141. The molecule has 1 aromatic rings. The molecule has 3 rings (SSSR count). The summed E-state index contributed by atoms with van der Waals surface area (Å²) in [6, 6.07) is 3.67. The molecule has 0 aliphatic heterocycles. The minimum absolute atomic E-state index is 0.141. The number of unbranched alkanes of at least 4 members (excludes halogenated alkanes) is 1. The molecule has 2 aliphatic rings. The van der Waals surface area contributed by atoms with Crippen LogP contribution in [0.15, 0.2) is 12.1 Å². The molecule has 2 aliphatic carbocycles. The van der Waals surface area contributed by atoms with E-state index < -0.39 is 0 Å². The Hall–Kier alpha value is -0.760. The van der Waals surface area contributed by atoms with Gasteiger partial charge in [0, 0.05) is 0 Å². The van der Waals surface area contributed by atoms with Crippen LogP contribution in [0.1, 0.15) is 96.5 Å². The minimum Gasteiger partial charge on any atom is -0.492 e. The van der Waals surface area contributed by atoms with Gasteiger partial charge >= 0.3 is 0 Å². The Morgan fingerprint density at radius 2 is 1.48 bits per heavy atom. The highest BCUT2D eigenvalue weighted by molar-refractivity contribution is 6.32. The maximum absolute atomic E-state index is 14.5. The molecule has 0 bridgehead atoms. The van der Waals surface area contributed by atoms with Crippen molar-refractivity contribution < 1.29 is 9.13 Å². The van der Waals surface area contributed by atoms with Crippen molar-refractivity contribution in [2.45, 2.75) is 97.3 Å². The molecule has 1 aromatic carbocycles. The van der Waals surface area contributed by atoms with Crippen LogP contribution in [-0.2, 0) is 6.42 Å². The molecule has 0 aromatic heterocycles. The van der Waals surface area contributed by atoms with Crippen LogP contribution in [0.25, 0.3) is 0 Å². The summed E-state index contributed by atoms with van der Waals surface area (Å²) in [6.07, 6.45) is 17.4. The van der Waals surface area contributed by atoms with E-state index >= 15 is 0 Å². The molecule has 0 N–H and O–H groups in total. The van der Waals surface area contributed by atoms with Crippen molar-refractivity contribution in [1.29, 1.82) is 0 Å². The average molecular weight is 423 g/mol. The summed E-state index contributed by atoms with van der Waals surface area (Å²) in [6.45, 7) is 4.70. The molecule has 164 valence electrons. The minimum atomic E-state index is -0.286. The van der Waals surface area contributed by atoms with E-state index in [0.29, 0.717) is 12.4 Å². The van der Waals surface area contributed by atoms with E-state index in [1.165, 1.54) is 70.6 Å². The van der Waals surface area contributed by atoms with Gasteiger partial charge in [0.05, 0.1) is 6.61 Å². The molecule has 0 radical (unpaired) electrons. The Kier molecular flexibility index (Phi) is 9.15. The first-order chi connectivity index (χ1) is 14.1. The van der Waals surface area contributed by atoms with Crippen molar-refractivity contribution in [3.63, 3.8) is 0 Å². The Balaban J connectivity index is 1.40. The van der Waals surface area contributed by atoms with Crippen LogP contribution >= 0.6 is 11.6 Å². The second-order valence-electron chi connectivity index (χ2n) is 9.53. The number of halogens is 2. The Bertz CT molecular complexity index is 615. The average Bonchev–Trinajstić information content (AvgIpc) is 2.76. The lowest BCUT2D eigenvalue weighted by Crippen LogP contribution is -2.26. The van der Waals surface area contributed by atoms with E-state index in [-0.39, 0.29) is 10.8 Å². The van der Waals surface area contributed by atoms with E-state index in [0.717, 1.165) is 42.1 Å². The van der Waals surface area contributed by atoms with Crippen molar-refractivity contribution >= 4 is 11.6 Å². The van der Waals surface area contributed by atoms with Crippen LogP contribution in [-0.4, -0.2) is 6.61 Å². The number of benzene rings is 1. The van der Waals surface area contributed by atoms with Crippen LogP contribution in [0.4, 0.5) is 4.39 Å². The van der Waals surface area contributed by atoms with Gasteiger partial charge in [-0.1, -0.05) is 69.5 Å². The molecule has 0 amide bonds. The quantitative estimate of drug-likeness (QED) is 0.387. The highest BCUT2D eigenvalue weighted by Crippen LogP contribution is 2.43. The van der Waals surface area contributed by atoms with Gasteiger partial charge in [0.1, 0.15) is 16.6 Å². The van der Waals surface area contributed by atoms with E-state index in [2.05, 4.69) is 6.92 Å². The SMILES string of the molecule is CCCCC1CCC(C2CCC(CCc3ccc(OCC)c(Cl)c3F)CC2)CC1. The Morgan fingerprint density at radius 1 is 0.897 bits per heavy atom. The molecule has 2 saturated carbocycles. The predicted octanol–water partition coefficient (Wildman–Crippen LogP) is 8.61. The van der Waals surface area contributed by atoms with Gasteiger partial charge in [-0.25, -0.2) is 4.39 Å². The van der Waals surface area contributed by atoms with Gasteiger partial charge in [0.25, 0.3) is 0 Å². The first kappa shape index (κ1) is 22.9. The normalized spacial score (nSPS) is 27.7. The highest BCUT2D eigenvalue weighted by atomic mass is 35.5. The number of hydrogen-bond acceptors (Lipinski definition) is 1. The summed E-state index contributed by atoms with van der Waals surface area (Å²) in [5.41, 5.74) is 0.742. The molecule has 29 heavy (non-hydrogen) atoms. The number of ether oxygens (including phenoxy) is 1. The predicted molar refractivity (Wildman–Crippen MR) is 121 cm³/mol. The van der Waals surface area contributed by atoms with Crippen molar-refractivity contribution in [3.8, 4) is 5.75 Å². The van der Waals surface area contributed by atoms with Gasteiger partial charge in [-0.05, 0) is 80.8 Å². The van der Waals surface area contributed by atoms with Gasteiger partial charge in [-0.2, -0.15) is 0 Å². The third kappa shape index (κ3) is 6.36. The molecule has 0 unspecified atom stereocenters. The second kappa shape index (κ2) is 11.6. The first-order valence-corrected chi connectivity index (χ1v) is 12.6. The maximum Gasteiger partial charge on any atom is 0.148 e. The summed E-state index contributed by atoms with van der Waals surface area (Å²) >= 11 is 6.14. The Labute approximate surface area is 182 Å². The Morgan fingerprint density at radius 3 is 2.03 bits per heavy atom. The van der Waals surface area contributed by atoms with Gasteiger partial charge in [0.2, 0.25) is 0 Å². The summed E-state index contributed by atoms with van der Waals surface area (Å²) < 4.78 is 19.9. The monoisotopic (exact) mass is 422 g/mol. The van der Waals surface area contributed by atoms with Gasteiger partial charge in [-0.15, -0.1) is 0 Å². The topological polar surface area (TPSA) is 9.23 Å². The van der Waals surface area contributed by atoms with E-state index in [1.807, 2.05) is 19.1 Å². The fourth-order valence-electron chi connectivity index (χ4n) is 5.78. The van der Waals surface area contributed by atoms with Gasteiger partial charge < -0.3 is 4.74 Å². The van der Waals surface area contributed by atoms with Gasteiger partial charge in [0.15, 0.2) is 0 Å². The lowest BCUT2D eigenvalue weighted by molar-refractivity contribution is 0.140. The number of aryl methyl sites for hydroxylation is 1. The van der Waals surface area contributed by atoms with Crippen molar-refractivity contribution in [3.05, 3.63) is 28.5 Å². The maximum atomic E-state index is 14.5. The van der Waals surface area contributed by atoms with Crippen LogP contribution < -0.4 is 4.74 Å². The summed E-state index contributed by atoms with van der Waals surface area (Å²) in [5.74, 6) is 3.87. The highest BCUT2D eigenvalue weighted by Gasteiger charge is 2.30. The van der Waals surface area contributed by atoms with Gasteiger partial charge in [-0.3, -0.25) is 0 Å². The molecule has 0 saturated heterocycles. The molecule has 1 nitrogen and oxygen atoms in total. The van der Waals surface area contributed by atoms with Crippen molar-refractivity contribution in [1.82, 2.24) is 0 Å². The lowest BCUT2D eigenvalue weighted by Gasteiger charge is -2.38. The zero-order valence-corrected chi connectivity index (χ0v) is 19.3. The van der Waals surface area contributed by atoms with E-state index in [1.54, 1.807) is 0 Å². The summed E-state index contributed by atoms with van der Waals surface area (Å²) in [7, 11) is 0. The third-order valence-electron chi connectivity index (χ3n) is 7.66. The molecule has 0 atom stereocenters. The molecule has 3 heteroatoms. The van der Waals surface area contributed by atoms with E-state index in [9.17, 15) is 4.39 Å². The van der Waals surface area contributed by atoms with Crippen molar-refractivity contribution in [2.75, 3.05) is 6.61 Å². The number of hydrogen-bond donors (Lipinski definition) is 0. The van der Waals surface area contributed by atoms with Crippen LogP contribution in [0, 0.1) is 29.5 Å². The fourth-order valence-corrected chi connectivity index (χ4v) is 6.02. The second-order valence-corrected chi connectivity index (χ2v) is 9.90. The smallest absolute Gasteiger partial charge is 0.148 e. The zero-order valence-electron chi connectivity index (χ0n) is 18.5. The molecular formula is C26H40ClFO. The molecule has 0 spiro atoms. The molecular weight excluding hydrogens is 383 g/mol. The largest absolute Gasteiger partial charge is 0.492 e. The first-order valence-electron chi connectivity index (χ1n) is 12.2. The molecule has 2 fully saturated rings. The number of rotatable bonds is 9. The zero-order chi connectivity index (χ0) is 20.6. The van der Waals surface area contributed by atoms with Crippen molar-refractivity contribution in [2.24, 2.45) is 23.7 Å². The third-order valence-corrected chi connectivity index (χ3v) is 8.02. The lowest BCUT2D eigenvalue weighted by atomic mass is 9.68. The fraction of sp³-hybridized carbons (Fsp3) is 0.769. The van der Waals surface area contributed by atoms with Crippen LogP contribution in [0.5, 0.6) is 5.75 Å². The molecule has 0 heterocycles. The van der Waals surface area contributed by atoms with Crippen LogP contribution in [0.2, 0.25) is 5.02 Å². The van der Waals surface area contributed by atoms with E-state index in [4.69, 9.17) is 16.3 Å².